The van der Waals surface area contributed by atoms with Crippen molar-refractivity contribution in [2.24, 2.45) is 0 Å². The number of fused-ring (bicyclic) bond motifs is 2. The number of aromatic nitrogens is 1. The highest BCUT2D eigenvalue weighted by Gasteiger charge is 2.52. The van der Waals surface area contributed by atoms with E-state index >= 15 is 0 Å². The Morgan fingerprint density at radius 2 is 1.89 bits per heavy atom. The van der Waals surface area contributed by atoms with Crippen molar-refractivity contribution in [3.05, 3.63) is 46.8 Å². The normalized spacial score (nSPS) is 29.0. The van der Waals surface area contributed by atoms with E-state index in [9.17, 15) is 4.79 Å². The lowest BCUT2D eigenvalue weighted by Crippen LogP contribution is -2.55. The average Bonchev–Trinajstić information content (AvgIpc) is 3.42. The summed E-state index contributed by atoms with van der Waals surface area (Å²) in [5, 5.41) is 2.12. The Morgan fingerprint density at radius 3 is 2.52 bits per heavy atom. The first-order chi connectivity index (χ1) is 13.3. The molecule has 1 saturated carbocycles. The summed E-state index contributed by atoms with van der Waals surface area (Å²) in [6.45, 7) is 0. The third-order valence-electron chi connectivity index (χ3n) is 6.71. The minimum Gasteiger partial charge on any atom is -0.474 e. The molecule has 142 valence electrons. The molecule has 0 N–H and O–H groups in total. The van der Waals surface area contributed by atoms with E-state index in [1.807, 2.05) is 18.2 Å². The summed E-state index contributed by atoms with van der Waals surface area (Å²) < 4.78 is 6.14. The van der Waals surface area contributed by atoms with E-state index in [-0.39, 0.29) is 11.5 Å². The lowest BCUT2D eigenvalue weighted by molar-refractivity contribution is -0.143. The Labute approximate surface area is 164 Å². The molecule has 4 nitrogen and oxygen atoms in total. The third kappa shape index (κ3) is 2.96. The number of nitrogens with zero attached hydrogens (tertiary/aromatic N) is 2. The van der Waals surface area contributed by atoms with Crippen molar-refractivity contribution in [1.82, 2.24) is 9.88 Å². The van der Waals surface area contributed by atoms with Crippen molar-refractivity contribution in [3.63, 3.8) is 0 Å². The Balaban J connectivity index is 1.35. The first kappa shape index (κ1) is 17.2. The number of pyridine rings is 1. The lowest BCUT2D eigenvalue weighted by atomic mass is 9.81. The topological polar surface area (TPSA) is 42.4 Å². The van der Waals surface area contributed by atoms with E-state index in [1.54, 1.807) is 17.5 Å². The summed E-state index contributed by atoms with van der Waals surface area (Å²) in [5.74, 6) is 1.10. The molecule has 2 saturated heterocycles. The summed E-state index contributed by atoms with van der Waals surface area (Å²) in [4.78, 5) is 21.7. The summed E-state index contributed by atoms with van der Waals surface area (Å²) in [7, 11) is 0. The molecule has 2 aromatic rings. The first-order valence-electron chi connectivity index (χ1n) is 10.2. The highest BCUT2D eigenvalue weighted by Crippen LogP contribution is 2.48. The smallest absolute Gasteiger partial charge is 0.234 e. The summed E-state index contributed by atoms with van der Waals surface area (Å²) in [6, 6.07) is 10.7. The highest BCUT2D eigenvalue weighted by atomic mass is 32.1. The molecule has 4 heterocycles. The van der Waals surface area contributed by atoms with Crippen LogP contribution < -0.4 is 4.74 Å². The van der Waals surface area contributed by atoms with Crippen LogP contribution >= 0.6 is 11.3 Å². The maximum atomic E-state index is 13.8. The monoisotopic (exact) mass is 382 g/mol. The van der Waals surface area contributed by atoms with E-state index in [1.165, 1.54) is 4.88 Å². The van der Waals surface area contributed by atoms with Gasteiger partial charge in [-0.15, -0.1) is 11.3 Å². The van der Waals surface area contributed by atoms with Gasteiger partial charge in [-0.05, 0) is 43.2 Å². The maximum absolute atomic E-state index is 13.8. The molecule has 2 aliphatic heterocycles. The van der Waals surface area contributed by atoms with Crippen molar-refractivity contribution in [2.75, 3.05) is 0 Å². The SMILES string of the molecule is O=C(N1C2CCC1CC(Oc1ccccn1)C2)C1(c2cccs2)CCCC1. The Hall–Kier alpha value is -1.88. The van der Waals surface area contributed by atoms with Gasteiger partial charge in [-0.1, -0.05) is 25.0 Å². The molecule has 2 unspecified atom stereocenters. The van der Waals surface area contributed by atoms with Gasteiger partial charge < -0.3 is 9.64 Å². The van der Waals surface area contributed by atoms with E-state index in [4.69, 9.17) is 4.74 Å². The number of rotatable bonds is 4. The second-order valence-electron chi connectivity index (χ2n) is 8.24. The molecule has 2 bridgehead atoms. The van der Waals surface area contributed by atoms with Gasteiger partial charge >= 0.3 is 0 Å². The Morgan fingerprint density at radius 1 is 1.11 bits per heavy atom. The van der Waals surface area contributed by atoms with Gasteiger partial charge in [-0.25, -0.2) is 4.98 Å². The van der Waals surface area contributed by atoms with Gasteiger partial charge in [0.05, 0.1) is 5.41 Å². The molecule has 1 aliphatic carbocycles. The number of ether oxygens (including phenoxy) is 1. The van der Waals surface area contributed by atoms with Gasteiger partial charge in [0, 0.05) is 42.1 Å². The van der Waals surface area contributed by atoms with Crippen molar-refractivity contribution in [3.8, 4) is 5.88 Å². The zero-order valence-corrected chi connectivity index (χ0v) is 16.4. The van der Waals surface area contributed by atoms with Gasteiger partial charge in [0.25, 0.3) is 0 Å². The fourth-order valence-electron chi connectivity index (χ4n) is 5.48. The van der Waals surface area contributed by atoms with Crippen LogP contribution in [-0.2, 0) is 10.2 Å². The van der Waals surface area contributed by atoms with Crippen LogP contribution in [-0.4, -0.2) is 34.0 Å². The Bertz CT molecular complexity index is 772. The van der Waals surface area contributed by atoms with Crippen LogP contribution in [0.5, 0.6) is 5.88 Å². The van der Waals surface area contributed by atoms with Crippen molar-refractivity contribution in [1.29, 1.82) is 0 Å². The van der Waals surface area contributed by atoms with E-state index in [2.05, 4.69) is 27.4 Å². The molecule has 3 fully saturated rings. The van der Waals surface area contributed by atoms with Crippen LogP contribution in [0.4, 0.5) is 0 Å². The quantitative estimate of drug-likeness (QED) is 0.779. The number of hydrogen-bond acceptors (Lipinski definition) is 4. The molecule has 0 radical (unpaired) electrons. The zero-order valence-electron chi connectivity index (χ0n) is 15.5. The first-order valence-corrected chi connectivity index (χ1v) is 11.1. The van der Waals surface area contributed by atoms with Crippen LogP contribution in [0.3, 0.4) is 0 Å². The van der Waals surface area contributed by atoms with E-state index in [0.29, 0.717) is 23.9 Å². The molecule has 3 aliphatic rings. The Kier molecular flexibility index (Phi) is 4.43. The summed E-state index contributed by atoms with van der Waals surface area (Å²) in [5.41, 5.74) is -0.260. The second-order valence-corrected chi connectivity index (χ2v) is 9.19. The van der Waals surface area contributed by atoms with Gasteiger partial charge in [-0.3, -0.25) is 4.79 Å². The molecule has 27 heavy (non-hydrogen) atoms. The van der Waals surface area contributed by atoms with Crippen molar-refractivity contribution < 1.29 is 9.53 Å². The molecule has 1 amide bonds. The summed E-state index contributed by atoms with van der Waals surface area (Å²) >= 11 is 1.76. The molecular formula is C22H26N2O2S. The molecule has 2 atom stereocenters. The van der Waals surface area contributed by atoms with Crippen LogP contribution in [0, 0.1) is 0 Å². The zero-order chi connectivity index (χ0) is 18.3. The number of carbonyl (C=O) groups excluding carboxylic acids is 1. The minimum atomic E-state index is -0.260. The molecule has 0 aromatic carbocycles. The molecular weight excluding hydrogens is 356 g/mol. The lowest BCUT2D eigenvalue weighted by Gasteiger charge is -2.43. The average molecular weight is 383 g/mol. The van der Waals surface area contributed by atoms with Crippen LogP contribution in [0.2, 0.25) is 0 Å². The highest BCUT2D eigenvalue weighted by molar-refractivity contribution is 7.10. The molecule has 5 rings (SSSR count). The van der Waals surface area contributed by atoms with Gasteiger partial charge in [-0.2, -0.15) is 0 Å². The second kappa shape index (κ2) is 6.93. The van der Waals surface area contributed by atoms with E-state index in [0.717, 1.165) is 51.4 Å². The largest absolute Gasteiger partial charge is 0.474 e. The van der Waals surface area contributed by atoms with E-state index < -0.39 is 0 Å². The predicted octanol–water partition coefficient (Wildman–Crippen LogP) is 4.56. The fourth-order valence-corrected chi connectivity index (χ4v) is 6.46. The van der Waals surface area contributed by atoms with Crippen LogP contribution in [0.25, 0.3) is 0 Å². The predicted molar refractivity (Wildman–Crippen MR) is 106 cm³/mol. The number of thiophene rings is 1. The molecule has 2 aromatic heterocycles. The van der Waals surface area contributed by atoms with Gasteiger partial charge in [0.15, 0.2) is 0 Å². The van der Waals surface area contributed by atoms with Gasteiger partial charge in [0.1, 0.15) is 6.10 Å². The number of hydrogen-bond donors (Lipinski definition) is 0. The fraction of sp³-hybridized carbons (Fsp3) is 0.545. The molecule has 5 heteroatoms. The molecule has 0 spiro atoms. The number of carbonyl (C=O) groups is 1. The van der Waals surface area contributed by atoms with Crippen LogP contribution in [0.1, 0.15) is 56.2 Å². The summed E-state index contributed by atoms with van der Waals surface area (Å²) in [6.07, 6.45) is 10.4. The maximum Gasteiger partial charge on any atom is 0.234 e. The van der Waals surface area contributed by atoms with Crippen molar-refractivity contribution in [2.45, 2.75) is 75.0 Å². The minimum absolute atomic E-state index is 0.169. The standard InChI is InChI=1S/C22H26N2O2S/c25-21(22(10-2-3-11-22)19-6-5-13-27-19)24-16-8-9-17(24)15-18(14-16)26-20-7-1-4-12-23-20/h1,4-7,12-13,16-18H,2-3,8-11,14-15H2. The van der Waals surface area contributed by atoms with Gasteiger partial charge in [0.2, 0.25) is 11.8 Å². The van der Waals surface area contributed by atoms with Crippen LogP contribution in [0.15, 0.2) is 41.9 Å². The number of piperidine rings is 1. The third-order valence-corrected chi connectivity index (χ3v) is 7.78. The number of amides is 1. The van der Waals surface area contributed by atoms with Crippen molar-refractivity contribution >= 4 is 17.2 Å².